The highest BCUT2D eigenvalue weighted by Gasteiger charge is 2.29. The summed E-state index contributed by atoms with van der Waals surface area (Å²) in [5, 5.41) is 6.87. The first kappa shape index (κ1) is 19.9. The molecule has 0 amide bonds. The van der Waals surface area contributed by atoms with Gasteiger partial charge in [0, 0.05) is 37.5 Å². The van der Waals surface area contributed by atoms with Gasteiger partial charge in [0.15, 0.2) is 5.96 Å². The number of nitrogens with zero attached hydrogens (tertiary/aromatic N) is 2. The zero-order valence-electron chi connectivity index (χ0n) is 15.9. The second-order valence-corrected chi connectivity index (χ2v) is 9.08. The molecule has 0 aromatic rings. The van der Waals surface area contributed by atoms with Gasteiger partial charge in [0.2, 0.25) is 0 Å². The van der Waals surface area contributed by atoms with Gasteiger partial charge in [0.25, 0.3) is 0 Å². The summed E-state index contributed by atoms with van der Waals surface area (Å²) in [6, 6.07) is 0. The molecule has 0 spiro atoms. The summed E-state index contributed by atoms with van der Waals surface area (Å²) in [5.41, 5.74) is 0. The van der Waals surface area contributed by atoms with Crippen molar-refractivity contribution in [2.45, 2.75) is 63.9 Å². The first-order valence-corrected chi connectivity index (χ1v) is 10.5. The smallest absolute Gasteiger partial charge is 0.191 e. The highest BCUT2D eigenvalue weighted by atomic mass is 32.2. The Kier molecular flexibility index (Phi) is 8.17. The number of morpholine rings is 1. The highest BCUT2D eigenvalue weighted by molar-refractivity contribution is 8.00. The molecule has 0 aromatic heterocycles. The normalized spacial score (nSPS) is 32.1. The highest BCUT2D eigenvalue weighted by Crippen LogP contribution is 2.37. The lowest BCUT2D eigenvalue weighted by Crippen LogP contribution is -2.46. The van der Waals surface area contributed by atoms with Gasteiger partial charge in [-0.2, -0.15) is 11.8 Å². The number of guanidine groups is 1. The number of ether oxygens (including phenoxy) is 1. The average molecular weight is 357 g/mol. The molecule has 5 nitrogen and oxygen atoms in total. The van der Waals surface area contributed by atoms with Crippen LogP contribution in [0.1, 0.15) is 47.0 Å². The number of hydrogen-bond acceptors (Lipinski definition) is 4. The zero-order valence-corrected chi connectivity index (χ0v) is 16.8. The molecule has 24 heavy (non-hydrogen) atoms. The largest absolute Gasteiger partial charge is 0.373 e. The standard InChI is InChI=1S/C18H36N4OS/c1-5-19-17(21-14-18(4)8-6-11-24-18)20-9-7-10-22-12-15(2)23-16(3)13-22/h15-16H,5-14H2,1-4H3,(H2,19,20,21). The van der Waals surface area contributed by atoms with Gasteiger partial charge in [-0.3, -0.25) is 9.89 Å². The van der Waals surface area contributed by atoms with Gasteiger partial charge in [-0.25, -0.2) is 0 Å². The Morgan fingerprint density at radius 1 is 1.29 bits per heavy atom. The molecular weight excluding hydrogens is 320 g/mol. The van der Waals surface area contributed by atoms with Crippen LogP contribution in [-0.2, 0) is 4.74 Å². The summed E-state index contributed by atoms with van der Waals surface area (Å²) in [4.78, 5) is 7.33. The molecule has 2 fully saturated rings. The maximum atomic E-state index is 5.79. The molecule has 3 unspecified atom stereocenters. The van der Waals surface area contributed by atoms with Crippen LogP contribution >= 0.6 is 11.8 Å². The van der Waals surface area contributed by atoms with Gasteiger partial charge in [-0.1, -0.05) is 0 Å². The maximum Gasteiger partial charge on any atom is 0.191 e. The summed E-state index contributed by atoms with van der Waals surface area (Å²) < 4.78 is 6.13. The maximum absolute atomic E-state index is 5.79. The molecule has 0 bridgehead atoms. The van der Waals surface area contributed by atoms with Crippen molar-refractivity contribution in [1.29, 1.82) is 0 Å². The van der Waals surface area contributed by atoms with E-state index in [2.05, 4.69) is 55.0 Å². The average Bonchev–Trinajstić information content (AvgIpc) is 2.95. The SMILES string of the molecule is CCNC(=NCC1(C)CCCS1)NCCCN1CC(C)OC(C)C1. The predicted molar refractivity (Wildman–Crippen MR) is 105 cm³/mol. The molecule has 3 atom stereocenters. The number of nitrogens with one attached hydrogen (secondary N) is 2. The van der Waals surface area contributed by atoms with E-state index >= 15 is 0 Å². The molecule has 0 saturated carbocycles. The van der Waals surface area contributed by atoms with E-state index in [0.29, 0.717) is 17.0 Å². The van der Waals surface area contributed by atoms with Crippen LogP contribution < -0.4 is 10.6 Å². The van der Waals surface area contributed by atoms with Crippen molar-refractivity contribution in [3.05, 3.63) is 0 Å². The monoisotopic (exact) mass is 356 g/mol. The number of aliphatic imine (C=N–C) groups is 1. The van der Waals surface area contributed by atoms with Crippen LogP contribution in [0.3, 0.4) is 0 Å². The van der Waals surface area contributed by atoms with Crippen LogP contribution in [0.4, 0.5) is 0 Å². The minimum Gasteiger partial charge on any atom is -0.373 e. The Morgan fingerprint density at radius 3 is 2.67 bits per heavy atom. The van der Waals surface area contributed by atoms with Gasteiger partial charge in [0.05, 0.1) is 18.8 Å². The minimum absolute atomic E-state index is 0.336. The van der Waals surface area contributed by atoms with Gasteiger partial charge < -0.3 is 15.4 Å². The van der Waals surface area contributed by atoms with E-state index in [4.69, 9.17) is 9.73 Å². The van der Waals surface area contributed by atoms with Gasteiger partial charge >= 0.3 is 0 Å². The molecule has 6 heteroatoms. The Bertz CT molecular complexity index is 388. The van der Waals surface area contributed by atoms with Gasteiger partial charge in [-0.05, 0) is 52.7 Å². The fourth-order valence-electron chi connectivity index (χ4n) is 3.53. The predicted octanol–water partition coefficient (Wildman–Crippen LogP) is 2.33. The number of hydrogen-bond donors (Lipinski definition) is 2. The molecule has 0 aliphatic carbocycles. The van der Waals surface area contributed by atoms with E-state index in [1.165, 1.54) is 18.6 Å². The number of rotatable bonds is 7. The van der Waals surface area contributed by atoms with Crippen molar-refractivity contribution < 1.29 is 4.74 Å². The van der Waals surface area contributed by atoms with Gasteiger partial charge in [-0.15, -0.1) is 0 Å². The Hall–Kier alpha value is -0.460. The first-order valence-electron chi connectivity index (χ1n) is 9.55. The molecule has 2 aliphatic rings. The third-order valence-electron chi connectivity index (χ3n) is 4.66. The third kappa shape index (κ3) is 6.81. The van der Waals surface area contributed by atoms with E-state index in [9.17, 15) is 0 Å². The van der Waals surface area contributed by atoms with Crippen molar-refractivity contribution in [2.24, 2.45) is 4.99 Å². The zero-order chi connectivity index (χ0) is 17.4. The molecule has 2 saturated heterocycles. The van der Waals surface area contributed by atoms with Crippen LogP contribution in [0, 0.1) is 0 Å². The number of thioether (sulfide) groups is 1. The Balaban J connectivity index is 1.69. The van der Waals surface area contributed by atoms with Crippen molar-refractivity contribution in [2.75, 3.05) is 45.0 Å². The van der Waals surface area contributed by atoms with E-state index in [-0.39, 0.29) is 0 Å². The minimum atomic E-state index is 0.336. The topological polar surface area (TPSA) is 48.9 Å². The van der Waals surface area contributed by atoms with Crippen molar-refractivity contribution in [3.63, 3.8) is 0 Å². The lowest BCUT2D eigenvalue weighted by atomic mass is 10.1. The van der Waals surface area contributed by atoms with Crippen LogP contribution in [0.25, 0.3) is 0 Å². The van der Waals surface area contributed by atoms with E-state index < -0.39 is 0 Å². The van der Waals surface area contributed by atoms with Crippen molar-refractivity contribution in [3.8, 4) is 0 Å². The summed E-state index contributed by atoms with van der Waals surface area (Å²) in [5.74, 6) is 2.25. The Labute approximate surface area is 152 Å². The fraction of sp³-hybridized carbons (Fsp3) is 0.944. The van der Waals surface area contributed by atoms with Crippen LogP contribution in [0.15, 0.2) is 4.99 Å². The van der Waals surface area contributed by atoms with E-state index in [1.54, 1.807) is 0 Å². The van der Waals surface area contributed by atoms with Crippen molar-refractivity contribution in [1.82, 2.24) is 15.5 Å². The molecule has 0 radical (unpaired) electrons. The summed E-state index contributed by atoms with van der Waals surface area (Å²) >= 11 is 2.07. The molecule has 2 N–H and O–H groups in total. The van der Waals surface area contributed by atoms with E-state index in [1.807, 2.05) is 0 Å². The van der Waals surface area contributed by atoms with Gasteiger partial charge in [0.1, 0.15) is 0 Å². The second-order valence-electron chi connectivity index (χ2n) is 7.39. The second kappa shape index (κ2) is 9.88. The fourth-order valence-corrected chi connectivity index (χ4v) is 4.75. The van der Waals surface area contributed by atoms with Crippen LogP contribution in [0.5, 0.6) is 0 Å². The van der Waals surface area contributed by atoms with Crippen LogP contribution in [-0.4, -0.2) is 72.8 Å². The summed E-state index contributed by atoms with van der Waals surface area (Å²) in [6.45, 7) is 14.8. The lowest BCUT2D eigenvalue weighted by molar-refractivity contribution is -0.0679. The molecule has 2 rings (SSSR count). The van der Waals surface area contributed by atoms with Crippen molar-refractivity contribution >= 4 is 17.7 Å². The molecular formula is C18H36N4OS. The summed E-state index contributed by atoms with van der Waals surface area (Å²) in [7, 11) is 0. The molecule has 2 heterocycles. The lowest BCUT2D eigenvalue weighted by Gasteiger charge is -2.35. The van der Waals surface area contributed by atoms with E-state index in [0.717, 1.165) is 51.6 Å². The van der Waals surface area contributed by atoms with Crippen LogP contribution in [0.2, 0.25) is 0 Å². The Morgan fingerprint density at radius 2 is 2.04 bits per heavy atom. The summed E-state index contributed by atoms with van der Waals surface area (Å²) in [6.07, 6.45) is 4.46. The first-order chi connectivity index (χ1) is 11.5. The molecule has 2 aliphatic heterocycles. The molecule has 140 valence electrons. The quantitative estimate of drug-likeness (QED) is 0.416. The third-order valence-corrected chi connectivity index (χ3v) is 6.18. The molecule has 0 aromatic carbocycles.